The summed E-state index contributed by atoms with van der Waals surface area (Å²) < 4.78 is 0. The lowest BCUT2D eigenvalue weighted by molar-refractivity contribution is 0.0905. The van der Waals surface area contributed by atoms with Crippen LogP contribution in [0.4, 0.5) is 0 Å². The van der Waals surface area contributed by atoms with Gasteiger partial charge in [0.15, 0.2) is 0 Å². The second-order valence-electron chi connectivity index (χ2n) is 7.66. The van der Waals surface area contributed by atoms with Gasteiger partial charge in [0, 0.05) is 13.0 Å². The van der Waals surface area contributed by atoms with Gasteiger partial charge < -0.3 is 15.1 Å². The number of benzene rings is 3. The van der Waals surface area contributed by atoms with Crippen LogP contribution in [0.3, 0.4) is 0 Å². The van der Waals surface area contributed by atoms with Crippen LogP contribution in [-0.2, 0) is 0 Å². The monoisotopic (exact) mass is 412 g/mol. The number of rotatable bonds is 8. The Morgan fingerprint density at radius 3 is 1.65 bits per heavy atom. The van der Waals surface area contributed by atoms with Crippen molar-refractivity contribution in [3.63, 3.8) is 0 Å². The van der Waals surface area contributed by atoms with Gasteiger partial charge in [0.1, 0.15) is 11.8 Å². The van der Waals surface area contributed by atoms with Crippen LogP contribution in [0.1, 0.15) is 41.7 Å². The molecule has 0 spiro atoms. The largest absolute Gasteiger partial charge is 0.387 e. The summed E-state index contributed by atoms with van der Waals surface area (Å²) in [5.41, 5.74) is 2.88. The first-order valence-electron chi connectivity index (χ1n) is 10.4. The summed E-state index contributed by atoms with van der Waals surface area (Å²) in [6.07, 6.45) is 0.230. The molecule has 4 nitrogen and oxygen atoms in total. The van der Waals surface area contributed by atoms with Crippen LogP contribution in [0, 0.1) is 11.3 Å². The standard InChI is InChI=1S/C27H28N2O2/c1-20(26(30)22-14-8-4-9-15-22)29(2)24(19-28)18-25(21-12-6-3-7-13-21)27(31)23-16-10-5-11-17-23/h3-18,20,25-27,30-31H,1-2H3/b24-18-/t20-,25-,26-,27-/m0/s1. The first kappa shape index (κ1) is 22.3. The molecule has 0 aliphatic carbocycles. The molecule has 0 unspecified atom stereocenters. The van der Waals surface area contributed by atoms with Gasteiger partial charge in [-0.1, -0.05) is 91.0 Å². The zero-order chi connectivity index (χ0) is 22.2. The van der Waals surface area contributed by atoms with Crippen LogP contribution in [0.2, 0.25) is 0 Å². The third-order valence-electron chi connectivity index (χ3n) is 5.71. The molecule has 0 bridgehead atoms. The maximum atomic E-state index is 11.2. The van der Waals surface area contributed by atoms with Crippen molar-refractivity contribution < 1.29 is 10.2 Å². The van der Waals surface area contributed by atoms with Crippen molar-refractivity contribution in [3.8, 4) is 6.07 Å². The average Bonchev–Trinajstić information content (AvgIpc) is 2.84. The second kappa shape index (κ2) is 10.6. The minimum Gasteiger partial charge on any atom is -0.387 e. The first-order valence-corrected chi connectivity index (χ1v) is 10.4. The van der Waals surface area contributed by atoms with E-state index in [1.165, 1.54) is 0 Å². The van der Waals surface area contributed by atoms with Crippen LogP contribution >= 0.6 is 0 Å². The van der Waals surface area contributed by atoms with E-state index in [0.717, 1.165) is 16.7 Å². The highest BCUT2D eigenvalue weighted by atomic mass is 16.3. The number of aliphatic hydroxyl groups is 2. The Labute approximate surface area is 184 Å². The maximum Gasteiger partial charge on any atom is 0.117 e. The number of hydrogen-bond donors (Lipinski definition) is 2. The van der Waals surface area contributed by atoms with Crippen molar-refractivity contribution in [2.45, 2.75) is 31.1 Å². The first-order chi connectivity index (χ1) is 15.0. The molecule has 3 aromatic carbocycles. The minimum absolute atomic E-state index is 0.335. The van der Waals surface area contributed by atoms with E-state index >= 15 is 0 Å². The zero-order valence-electron chi connectivity index (χ0n) is 17.8. The summed E-state index contributed by atoms with van der Waals surface area (Å²) in [4.78, 5) is 1.77. The molecule has 3 rings (SSSR count). The van der Waals surface area contributed by atoms with Crippen molar-refractivity contribution in [2.24, 2.45) is 0 Å². The maximum absolute atomic E-state index is 11.2. The predicted molar refractivity (Wildman–Crippen MR) is 123 cm³/mol. The zero-order valence-corrected chi connectivity index (χ0v) is 17.8. The van der Waals surface area contributed by atoms with Crippen molar-refractivity contribution in [1.29, 1.82) is 5.26 Å². The number of nitrogens with zero attached hydrogens (tertiary/aromatic N) is 2. The Kier molecular flexibility index (Phi) is 7.61. The van der Waals surface area contributed by atoms with E-state index < -0.39 is 18.1 Å². The lowest BCUT2D eigenvalue weighted by atomic mass is 9.88. The normalized spacial score (nSPS) is 15.4. The quantitative estimate of drug-likeness (QED) is 0.513. The van der Waals surface area contributed by atoms with Gasteiger partial charge in [-0.2, -0.15) is 5.26 Å². The molecule has 4 heteroatoms. The van der Waals surface area contributed by atoms with E-state index in [2.05, 4.69) is 6.07 Å². The molecule has 0 fully saturated rings. The number of allylic oxidation sites excluding steroid dienone is 1. The molecule has 0 radical (unpaired) electrons. The smallest absolute Gasteiger partial charge is 0.117 e. The van der Waals surface area contributed by atoms with Crippen LogP contribution in [0.15, 0.2) is 103 Å². The van der Waals surface area contributed by atoms with Crippen LogP contribution in [0.5, 0.6) is 0 Å². The molecule has 158 valence electrons. The van der Waals surface area contributed by atoms with Gasteiger partial charge in [-0.05, 0) is 29.7 Å². The van der Waals surface area contributed by atoms with E-state index in [1.807, 2.05) is 97.9 Å². The summed E-state index contributed by atoms with van der Waals surface area (Å²) in [7, 11) is 1.79. The molecule has 31 heavy (non-hydrogen) atoms. The van der Waals surface area contributed by atoms with Gasteiger partial charge in [0.05, 0.1) is 18.2 Å². The highest BCUT2D eigenvalue weighted by Gasteiger charge is 2.26. The Balaban J connectivity index is 1.94. The molecule has 0 saturated heterocycles. The van der Waals surface area contributed by atoms with Gasteiger partial charge in [-0.3, -0.25) is 0 Å². The van der Waals surface area contributed by atoms with E-state index in [-0.39, 0.29) is 6.04 Å². The number of nitriles is 1. The second-order valence-corrected chi connectivity index (χ2v) is 7.66. The molecule has 0 saturated carbocycles. The van der Waals surface area contributed by atoms with Gasteiger partial charge in [-0.15, -0.1) is 0 Å². The summed E-state index contributed by atoms with van der Waals surface area (Å²) in [5.74, 6) is -0.415. The molecule has 0 aliphatic heterocycles. The van der Waals surface area contributed by atoms with Crippen molar-refractivity contribution in [2.75, 3.05) is 7.05 Å². The molecule has 3 aromatic rings. The molecule has 0 amide bonds. The van der Waals surface area contributed by atoms with Gasteiger partial charge in [-0.25, -0.2) is 0 Å². The third kappa shape index (κ3) is 5.40. The van der Waals surface area contributed by atoms with Crippen molar-refractivity contribution in [3.05, 3.63) is 119 Å². The molecule has 4 atom stereocenters. The fourth-order valence-corrected chi connectivity index (χ4v) is 3.67. The lowest BCUT2D eigenvalue weighted by Gasteiger charge is -2.31. The fourth-order valence-electron chi connectivity index (χ4n) is 3.67. The van der Waals surface area contributed by atoms with Gasteiger partial charge in [0.25, 0.3) is 0 Å². The van der Waals surface area contributed by atoms with Crippen molar-refractivity contribution in [1.82, 2.24) is 4.90 Å². The third-order valence-corrected chi connectivity index (χ3v) is 5.71. The topological polar surface area (TPSA) is 67.5 Å². The Hall–Kier alpha value is -3.39. The van der Waals surface area contributed by atoms with Gasteiger partial charge >= 0.3 is 0 Å². The number of hydrogen-bond acceptors (Lipinski definition) is 4. The molecule has 0 aromatic heterocycles. The van der Waals surface area contributed by atoms with Crippen molar-refractivity contribution >= 4 is 0 Å². The summed E-state index contributed by atoms with van der Waals surface area (Å²) in [5, 5.41) is 31.9. The van der Waals surface area contributed by atoms with E-state index in [1.54, 1.807) is 18.0 Å². The Bertz CT molecular complexity index is 1010. The van der Waals surface area contributed by atoms with Crippen LogP contribution < -0.4 is 0 Å². The Morgan fingerprint density at radius 1 is 0.774 bits per heavy atom. The summed E-state index contributed by atoms with van der Waals surface area (Å²) in [6, 6.07) is 30.5. The van der Waals surface area contributed by atoms with Gasteiger partial charge in [0.2, 0.25) is 0 Å². The number of aliphatic hydroxyl groups excluding tert-OH is 2. The minimum atomic E-state index is -0.810. The summed E-state index contributed by atoms with van der Waals surface area (Å²) in [6.45, 7) is 1.88. The van der Waals surface area contributed by atoms with E-state index in [9.17, 15) is 15.5 Å². The van der Waals surface area contributed by atoms with Crippen LogP contribution in [-0.4, -0.2) is 28.2 Å². The molecular formula is C27H28N2O2. The van der Waals surface area contributed by atoms with Crippen LogP contribution in [0.25, 0.3) is 0 Å². The molecule has 0 aliphatic rings. The molecule has 2 N–H and O–H groups in total. The average molecular weight is 413 g/mol. The fraction of sp³-hybridized carbons (Fsp3) is 0.222. The Morgan fingerprint density at radius 2 is 1.19 bits per heavy atom. The molecule has 0 heterocycles. The highest BCUT2D eigenvalue weighted by molar-refractivity contribution is 5.34. The number of likely N-dealkylation sites (N-methyl/N-ethyl adjacent to an activating group) is 1. The van der Waals surface area contributed by atoms with E-state index in [0.29, 0.717) is 5.70 Å². The predicted octanol–water partition coefficient (Wildman–Crippen LogP) is 4.97. The highest BCUT2D eigenvalue weighted by Crippen LogP contribution is 2.34. The molecular weight excluding hydrogens is 384 g/mol. The SMILES string of the molecule is C[C@@H]([C@H](O)c1ccccc1)N(C)/C(C#N)=C\[C@@H](c1ccccc1)[C@@H](O)c1ccccc1. The summed E-state index contributed by atoms with van der Waals surface area (Å²) >= 11 is 0. The lowest BCUT2D eigenvalue weighted by Crippen LogP contribution is -2.34. The van der Waals surface area contributed by atoms with E-state index in [4.69, 9.17) is 0 Å².